The van der Waals surface area contributed by atoms with E-state index >= 15 is 0 Å². The molecule has 0 saturated heterocycles. The van der Waals surface area contributed by atoms with Gasteiger partial charge in [-0.25, -0.2) is 0 Å². The summed E-state index contributed by atoms with van der Waals surface area (Å²) in [5.41, 5.74) is 4.76. The Balaban J connectivity index is 1.95. The molecule has 0 fully saturated rings. The van der Waals surface area contributed by atoms with Crippen molar-refractivity contribution in [3.8, 4) is 0 Å². The Morgan fingerprint density at radius 3 is 2.50 bits per heavy atom. The largest absolute Gasteiger partial charge is 0.281 e. The van der Waals surface area contributed by atoms with E-state index in [1.165, 1.54) is 29.0 Å². The van der Waals surface area contributed by atoms with E-state index in [1.807, 2.05) is 30.3 Å². The van der Waals surface area contributed by atoms with Gasteiger partial charge in [-0.2, -0.15) is 12.8 Å². The van der Waals surface area contributed by atoms with Crippen molar-refractivity contribution in [2.45, 2.75) is 43.9 Å². The molecule has 0 radical (unpaired) electrons. The SMILES string of the molecule is CCCCCCc1ccccc1N(NC1=NCCS1)S(=O)(=O)c1ccccc1. The monoisotopic (exact) mass is 417 g/mol. The van der Waals surface area contributed by atoms with Gasteiger partial charge >= 0.3 is 0 Å². The van der Waals surface area contributed by atoms with Crippen LogP contribution in [0.2, 0.25) is 0 Å². The van der Waals surface area contributed by atoms with Crippen LogP contribution >= 0.6 is 11.8 Å². The predicted octanol–water partition coefficient (Wildman–Crippen LogP) is 4.61. The number of para-hydroxylation sites is 1. The van der Waals surface area contributed by atoms with Crippen LogP contribution in [-0.2, 0) is 16.4 Å². The first-order chi connectivity index (χ1) is 13.6. The average molecular weight is 418 g/mol. The van der Waals surface area contributed by atoms with Crippen LogP contribution in [0.25, 0.3) is 0 Å². The lowest BCUT2D eigenvalue weighted by Crippen LogP contribution is -2.45. The third-order valence-corrected chi connectivity index (χ3v) is 7.09. The van der Waals surface area contributed by atoms with Crippen molar-refractivity contribution in [3.63, 3.8) is 0 Å². The summed E-state index contributed by atoms with van der Waals surface area (Å²) < 4.78 is 28.2. The molecule has 2 aromatic rings. The molecule has 0 aromatic heterocycles. The van der Waals surface area contributed by atoms with Crippen LogP contribution in [0.4, 0.5) is 5.69 Å². The lowest BCUT2D eigenvalue weighted by atomic mass is 10.0. The van der Waals surface area contributed by atoms with E-state index in [-0.39, 0.29) is 4.90 Å². The molecule has 5 nitrogen and oxygen atoms in total. The molecule has 0 spiro atoms. The van der Waals surface area contributed by atoms with Gasteiger partial charge in [0.2, 0.25) is 0 Å². The van der Waals surface area contributed by atoms with Crippen molar-refractivity contribution < 1.29 is 8.42 Å². The van der Waals surface area contributed by atoms with Crippen LogP contribution in [0.15, 0.2) is 64.5 Å². The van der Waals surface area contributed by atoms with Gasteiger partial charge < -0.3 is 0 Å². The summed E-state index contributed by atoms with van der Waals surface area (Å²) in [6.45, 7) is 2.89. The van der Waals surface area contributed by atoms with Crippen LogP contribution in [0.1, 0.15) is 38.2 Å². The number of aliphatic imine (C=N–C) groups is 1. The molecule has 1 heterocycles. The Hall–Kier alpha value is -1.99. The summed E-state index contributed by atoms with van der Waals surface area (Å²) in [5, 5.41) is 0.639. The number of thioether (sulfide) groups is 1. The molecule has 1 aliphatic rings. The molecule has 0 aliphatic carbocycles. The minimum absolute atomic E-state index is 0.256. The van der Waals surface area contributed by atoms with Crippen LogP contribution in [-0.4, -0.2) is 25.9 Å². The summed E-state index contributed by atoms with van der Waals surface area (Å²) in [7, 11) is -3.77. The second-order valence-electron chi connectivity index (χ2n) is 6.67. The highest BCUT2D eigenvalue weighted by Crippen LogP contribution is 2.28. The topological polar surface area (TPSA) is 61.8 Å². The first-order valence-corrected chi connectivity index (χ1v) is 12.2. The molecule has 0 bridgehead atoms. The number of nitrogens with one attached hydrogen (secondary N) is 1. The van der Waals surface area contributed by atoms with Gasteiger partial charge in [-0.05, 0) is 36.6 Å². The number of hydrazine groups is 1. The van der Waals surface area contributed by atoms with E-state index in [4.69, 9.17) is 0 Å². The van der Waals surface area contributed by atoms with E-state index in [9.17, 15) is 8.42 Å². The number of benzene rings is 2. The zero-order chi connectivity index (χ0) is 19.8. The van der Waals surface area contributed by atoms with Crippen molar-refractivity contribution >= 4 is 32.6 Å². The average Bonchev–Trinajstić information content (AvgIpc) is 3.24. The molecule has 2 aromatic carbocycles. The Bertz CT molecular complexity index is 899. The molecule has 0 amide bonds. The Labute approximate surface area is 172 Å². The molecular weight excluding hydrogens is 390 g/mol. The van der Waals surface area contributed by atoms with Crippen LogP contribution in [0, 0.1) is 0 Å². The highest BCUT2D eigenvalue weighted by molar-refractivity contribution is 8.14. The van der Waals surface area contributed by atoms with Crippen LogP contribution in [0.5, 0.6) is 0 Å². The fraction of sp³-hybridized carbons (Fsp3) is 0.381. The third kappa shape index (κ3) is 5.08. The molecule has 1 aliphatic heterocycles. The zero-order valence-electron chi connectivity index (χ0n) is 16.2. The van der Waals surface area contributed by atoms with E-state index < -0.39 is 10.0 Å². The van der Waals surface area contributed by atoms with Crippen LogP contribution < -0.4 is 9.84 Å². The summed E-state index contributed by atoms with van der Waals surface area (Å²) in [5.74, 6) is 0.861. The molecule has 0 saturated carbocycles. The Kier molecular flexibility index (Phi) is 7.39. The summed E-state index contributed by atoms with van der Waals surface area (Å²) in [6, 6.07) is 16.3. The highest BCUT2D eigenvalue weighted by Gasteiger charge is 2.28. The van der Waals surface area contributed by atoms with Gasteiger partial charge in [-0.1, -0.05) is 74.3 Å². The van der Waals surface area contributed by atoms with E-state index in [1.54, 1.807) is 24.3 Å². The van der Waals surface area contributed by atoms with Crippen molar-refractivity contribution in [1.82, 2.24) is 5.43 Å². The molecular formula is C21H27N3O2S2. The van der Waals surface area contributed by atoms with Crippen molar-refractivity contribution in [1.29, 1.82) is 0 Å². The minimum atomic E-state index is -3.77. The summed E-state index contributed by atoms with van der Waals surface area (Å²) in [4.78, 5) is 4.64. The number of rotatable bonds is 9. The van der Waals surface area contributed by atoms with Gasteiger partial charge in [0.05, 0.1) is 17.1 Å². The van der Waals surface area contributed by atoms with Gasteiger partial charge in [0, 0.05) is 5.75 Å². The van der Waals surface area contributed by atoms with Gasteiger partial charge in [0.25, 0.3) is 10.0 Å². The molecule has 7 heteroatoms. The Morgan fingerprint density at radius 1 is 1.04 bits per heavy atom. The number of hydrogen-bond donors (Lipinski definition) is 1. The van der Waals surface area contributed by atoms with Crippen molar-refractivity contribution in [2.75, 3.05) is 16.7 Å². The Morgan fingerprint density at radius 2 is 1.79 bits per heavy atom. The number of sulfonamides is 1. The molecule has 1 N–H and O–H groups in total. The second kappa shape index (κ2) is 9.98. The number of nitrogens with zero attached hydrogens (tertiary/aromatic N) is 2. The minimum Gasteiger partial charge on any atom is -0.262 e. The summed E-state index contributed by atoms with van der Waals surface area (Å²) in [6.07, 6.45) is 5.40. The maximum Gasteiger partial charge on any atom is 0.281 e. The van der Waals surface area contributed by atoms with Crippen LogP contribution in [0.3, 0.4) is 0 Å². The molecule has 28 heavy (non-hydrogen) atoms. The smallest absolute Gasteiger partial charge is 0.262 e. The summed E-state index contributed by atoms with van der Waals surface area (Å²) >= 11 is 1.54. The van der Waals surface area contributed by atoms with E-state index in [0.717, 1.165) is 30.6 Å². The van der Waals surface area contributed by atoms with E-state index in [0.29, 0.717) is 17.4 Å². The first kappa shape index (κ1) is 20.7. The lowest BCUT2D eigenvalue weighted by molar-refractivity contribution is 0.588. The number of amidine groups is 1. The molecule has 3 rings (SSSR count). The van der Waals surface area contributed by atoms with Gasteiger partial charge in [0.15, 0.2) is 5.17 Å². The normalized spacial score (nSPS) is 14.0. The zero-order valence-corrected chi connectivity index (χ0v) is 17.8. The van der Waals surface area contributed by atoms with Crippen molar-refractivity contribution in [3.05, 3.63) is 60.2 Å². The van der Waals surface area contributed by atoms with Gasteiger partial charge in [-0.3, -0.25) is 10.4 Å². The predicted molar refractivity (Wildman–Crippen MR) is 118 cm³/mol. The second-order valence-corrected chi connectivity index (χ2v) is 9.54. The fourth-order valence-electron chi connectivity index (χ4n) is 3.10. The van der Waals surface area contributed by atoms with Gasteiger partial charge in [-0.15, -0.1) is 0 Å². The maximum absolute atomic E-state index is 13.4. The van der Waals surface area contributed by atoms with Crippen molar-refractivity contribution in [2.24, 2.45) is 4.99 Å². The standard InChI is InChI=1S/C21H27N3O2S2/c1-2-3-4-6-11-18-12-9-10-15-20(18)24(23-21-22-16-17-27-21)28(25,26)19-13-7-5-8-14-19/h5,7-10,12-15H,2-4,6,11,16-17H2,1H3,(H,22,23). The quantitative estimate of drug-likeness (QED) is 0.478. The number of unbranched alkanes of at least 4 members (excludes halogenated alkanes) is 3. The molecule has 0 atom stereocenters. The molecule has 150 valence electrons. The number of hydrogen-bond acceptors (Lipinski definition) is 5. The van der Waals surface area contributed by atoms with Gasteiger partial charge in [0.1, 0.15) is 0 Å². The number of aryl methyl sites for hydroxylation is 1. The first-order valence-electron chi connectivity index (χ1n) is 9.75. The lowest BCUT2D eigenvalue weighted by Gasteiger charge is -2.27. The third-order valence-electron chi connectivity index (χ3n) is 4.57. The van der Waals surface area contributed by atoms with E-state index in [2.05, 4.69) is 17.3 Å². The fourth-order valence-corrected chi connectivity index (χ4v) is 5.23. The highest BCUT2D eigenvalue weighted by atomic mass is 32.2. The number of anilines is 1. The molecule has 0 unspecified atom stereocenters. The maximum atomic E-state index is 13.4.